The fourth-order valence-corrected chi connectivity index (χ4v) is 3.34. The van der Waals surface area contributed by atoms with E-state index in [1.807, 2.05) is 0 Å². The van der Waals surface area contributed by atoms with Gasteiger partial charge >= 0.3 is 0 Å². The molecule has 1 aliphatic heterocycles. The van der Waals surface area contributed by atoms with Crippen LogP contribution in [0, 0.1) is 0 Å². The van der Waals surface area contributed by atoms with Crippen molar-refractivity contribution in [2.45, 2.75) is 17.7 Å². The van der Waals surface area contributed by atoms with Crippen molar-refractivity contribution in [2.75, 3.05) is 17.8 Å². The molecule has 9 nitrogen and oxygen atoms in total. The zero-order valence-electron chi connectivity index (χ0n) is 12.1. The molecule has 23 heavy (non-hydrogen) atoms. The van der Waals surface area contributed by atoms with Gasteiger partial charge in [-0.2, -0.15) is 5.10 Å². The molecule has 1 fully saturated rings. The molecule has 0 bridgehead atoms. The zero-order valence-corrected chi connectivity index (χ0v) is 12.9. The van der Waals surface area contributed by atoms with Gasteiger partial charge in [-0.1, -0.05) is 0 Å². The second-order valence-corrected chi connectivity index (χ2v) is 6.84. The average Bonchev–Trinajstić information content (AvgIpc) is 3.20. The van der Waals surface area contributed by atoms with Gasteiger partial charge in [-0.25, -0.2) is 13.5 Å². The minimum atomic E-state index is -3.90. The van der Waals surface area contributed by atoms with E-state index in [9.17, 15) is 18.0 Å². The van der Waals surface area contributed by atoms with E-state index in [1.54, 1.807) is 4.90 Å². The Kier molecular flexibility index (Phi) is 3.90. The number of likely N-dealkylation sites (tertiary alicyclic amines) is 1. The summed E-state index contributed by atoms with van der Waals surface area (Å²) in [5, 5.41) is 5.71. The van der Waals surface area contributed by atoms with E-state index in [4.69, 9.17) is 0 Å². The summed E-state index contributed by atoms with van der Waals surface area (Å²) in [5.41, 5.74) is -0.213. The molecule has 1 amide bonds. The topological polar surface area (TPSA) is 128 Å². The Morgan fingerprint density at radius 3 is 2.65 bits per heavy atom. The maximum atomic E-state index is 12.3. The highest BCUT2D eigenvalue weighted by Gasteiger charge is 2.23. The number of sulfonamides is 1. The van der Waals surface area contributed by atoms with Gasteiger partial charge in [0.15, 0.2) is 5.82 Å². The van der Waals surface area contributed by atoms with E-state index in [1.165, 1.54) is 18.3 Å². The average molecular weight is 337 g/mol. The van der Waals surface area contributed by atoms with Crippen LogP contribution in [-0.2, 0) is 10.0 Å². The quantitative estimate of drug-likeness (QED) is 0.731. The van der Waals surface area contributed by atoms with E-state index >= 15 is 0 Å². The number of hydrogen-bond donors (Lipinski definition) is 3. The molecular weight excluding hydrogens is 322 g/mol. The van der Waals surface area contributed by atoms with Gasteiger partial charge in [-0.05, 0) is 25.0 Å². The molecule has 0 aromatic carbocycles. The molecule has 3 N–H and O–H groups in total. The number of nitrogens with zero attached hydrogens (tertiary/aromatic N) is 2. The Morgan fingerprint density at radius 1 is 1.26 bits per heavy atom. The lowest BCUT2D eigenvalue weighted by Gasteiger charge is -2.13. The van der Waals surface area contributed by atoms with E-state index in [2.05, 4.69) is 19.9 Å². The number of carbonyl (C=O) groups excluding carboxylic acids is 1. The maximum Gasteiger partial charge on any atom is 0.270 e. The normalized spacial score (nSPS) is 14.9. The summed E-state index contributed by atoms with van der Waals surface area (Å²) in [5.74, 6) is -0.232. The summed E-state index contributed by atoms with van der Waals surface area (Å²) < 4.78 is 26.7. The third-order valence-corrected chi connectivity index (χ3v) is 4.84. The molecular formula is C13H15N5O4S. The van der Waals surface area contributed by atoms with Crippen molar-refractivity contribution in [3.05, 3.63) is 40.4 Å². The largest absolute Gasteiger partial charge is 0.356 e. The maximum absolute atomic E-state index is 12.3. The molecule has 1 aliphatic rings. The highest BCUT2D eigenvalue weighted by molar-refractivity contribution is 7.92. The highest BCUT2D eigenvalue weighted by atomic mass is 32.2. The predicted octanol–water partition coefficient (Wildman–Crippen LogP) is 0.135. The molecule has 0 aliphatic carbocycles. The first kappa shape index (κ1) is 15.3. The van der Waals surface area contributed by atoms with E-state index in [-0.39, 0.29) is 22.3 Å². The number of hydrogen-bond acceptors (Lipinski definition) is 5. The number of anilines is 1. The highest BCUT2D eigenvalue weighted by Crippen LogP contribution is 2.17. The first-order valence-electron chi connectivity index (χ1n) is 7.02. The van der Waals surface area contributed by atoms with Crippen molar-refractivity contribution in [3.8, 4) is 0 Å². The smallest absolute Gasteiger partial charge is 0.270 e. The van der Waals surface area contributed by atoms with Gasteiger partial charge in [-0.3, -0.25) is 14.3 Å². The lowest BCUT2D eigenvalue weighted by atomic mass is 10.4. The summed E-state index contributed by atoms with van der Waals surface area (Å²) in [7, 11) is -3.90. The minimum absolute atomic E-state index is 0.0155. The second-order valence-electron chi connectivity index (χ2n) is 5.16. The summed E-state index contributed by atoms with van der Waals surface area (Å²) in [4.78, 5) is 27.4. The predicted molar refractivity (Wildman–Crippen MR) is 81.6 cm³/mol. The molecule has 3 rings (SSSR count). The first-order chi connectivity index (χ1) is 11.0. The molecule has 0 spiro atoms. The van der Waals surface area contributed by atoms with Gasteiger partial charge < -0.3 is 9.88 Å². The van der Waals surface area contributed by atoms with Gasteiger partial charge in [0.05, 0.1) is 0 Å². The van der Waals surface area contributed by atoms with Crippen LogP contribution in [0.5, 0.6) is 0 Å². The van der Waals surface area contributed by atoms with Crippen molar-refractivity contribution < 1.29 is 13.2 Å². The number of aromatic amines is 2. The van der Waals surface area contributed by atoms with Gasteiger partial charge in [0, 0.05) is 25.4 Å². The van der Waals surface area contributed by atoms with Crippen LogP contribution in [0.4, 0.5) is 5.82 Å². The van der Waals surface area contributed by atoms with E-state index < -0.39 is 15.6 Å². The van der Waals surface area contributed by atoms with Crippen molar-refractivity contribution in [1.82, 2.24) is 20.1 Å². The summed E-state index contributed by atoms with van der Waals surface area (Å²) >= 11 is 0. The van der Waals surface area contributed by atoms with Crippen LogP contribution in [0.25, 0.3) is 0 Å². The van der Waals surface area contributed by atoms with Crippen molar-refractivity contribution in [3.63, 3.8) is 0 Å². The molecule has 0 unspecified atom stereocenters. The van der Waals surface area contributed by atoms with Crippen molar-refractivity contribution >= 4 is 21.7 Å². The molecule has 2 aromatic heterocycles. The minimum Gasteiger partial charge on any atom is -0.356 e. The fourth-order valence-electron chi connectivity index (χ4n) is 2.34. The van der Waals surface area contributed by atoms with Gasteiger partial charge in [-0.15, -0.1) is 0 Å². The first-order valence-corrected chi connectivity index (χ1v) is 8.50. The number of H-pyrrole nitrogens is 2. The lowest BCUT2D eigenvalue weighted by molar-refractivity contribution is 0.0787. The number of aromatic nitrogens is 3. The Labute approximate surface area is 131 Å². The molecule has 10 heteroatoms. The van der Waals surface area contributed by atoms with E-state index in [0.717, 1.165) is 18.9 Å². The van der Waals surface area contributed by atoms with Crippen molar-refractivity contribution in [1.29, 1.82) is 0 Å². The molecule has 3 heterocycles. The third kappa shape index (κ3) is 3.26. The zero-order chi connectivity index (χ0) is 16.4. The van der Waals surface area contributed by atoms with Crippen LogP contribution >= 0.6 is 0 Å². The number of amides is 1. The lowest BCUT2D eigenvalue weighted by Crippen LogP contribution is -2.27. The monoisotopic (exact) mass is 337 g/mol. The van der Waals surface area contributed by atoms with Crippen LogP contribution in [0.2, 0.25) is 0 Å². The Hall–Kier alpha value is -2.62. The standard InChI is InChI=1S/C13H15N5O4S/c19-12-4-3-11(15-16-12)17-23(21,22)9-7-10(14-8-9)13(20)18-5-1-2-6-18/h3-4,7-8,14H,1-2,5-6H2,(H,15,17)(H,16,19). The van der Waals surface area contributed by atoms with E-state index in [0.29, 0.717) is 13.1 Å². The Bertz CT molecular complexity index is 859. The molecule has 1 saturated heterocycles. The van der Waals surface area contributed by atoms with Crippen molar-refractivity contribution in [2.24, 2.45) is 0 Å². The van der Waals surface area contributed by atoms with Crippen LogP contribution in [0.15, 0.2) is 34.1 Å². The molecule has 0 radical (unpaired) electrons. The molecule has 0 saturated carbocycles. The second kappa shape index (κ2) is 5.88. The van der Waals surface area contributed by atoms with Crippen LogP contribution in [0.3, 0.4) is 0 Å². The Balaban J connectivity index is 1.79. The summed E-state index contributed by atoms with van der Waals surface area (Å²) in [6.45, 7) is 1.36. The molecule has 0 atom stereocenters. The van der Waals surface area contributed by atoms with Gasteiger partial charge in [0.1, 0.15) is 10.6 Å². The van der Waals surface area contributed by atoms with Gasteiger partial charge in [0.25, 0.3) is 21.5 Å². The summed E-state index contributed by atoms with van der Waals surface area (Å²) in [6.07, 6.45) is 3.16. The fraction of sp³-hybridized carbons (Fsp3) is 0.308. The number of carbonyl (C=O) groups is 1. The number of nitrogens with one attached hydrogen (secondary N) is 3. The third-order valence-electron chi connectivity index (χ3n) is 3.51. The van der Waals surface area contributed by atoms with Gasteiger partial charge in [0.2, 0.25) is 0 Å². The number of rotatable bonds is 4. The SMILES string of the molecule is O=C(c1cc(S(=O)(=O)Nc2ccc(=O)[nH]n2)c[nH]1)N1CCCC1. The Morgan fingerprint density at radius 2 is 2.00 bits per heavy atom. The molecule has 122 valence electrons. The van der Waals surface area contributed by atoms with Crippen LogP contribution in [-0.4, -0.2) is 47.5 Å². The van der Waals surface area contributed by atoms with Crippen LogP contribution in [0.1, 0.15) is 23.3 Å². The molecule has 2 aromatic rings. The van der Waals surface area contributed by atoms with Crippen LogP contribution < -0.4 is 10.3 Å². The summed E-state index contributed by atoms with van der Waals surface area (Å²) in [6, 6.07) is 3.69.